The number of hydrogen-bond acceptors (Lipinski definition) is 4. The van der Waals surface area contributed by atoms with E-state index in [9.17, 15) is 9.59 Å². The Morgan fingerprint density at radius 1 is 0.788 bits per heavy atom. The summed E-state index contributed by atoms with van der Waals surface area (Å²) in [6.45, 7) is 12.5. The number of hydrogen-bond donors (Lipinski definition) is 1. The van der Waals surface area contributed by atoms with Crippen LogP contribution in [0.1, 0.15) is 130 Å². The number of alkyl carbamates (subject to hydrolysis) is 1. The Bertz CT molecular complexity index is 499. The van der Waals surface area contributed by atoms with Crippen LogP contribution in [0.4, 0.5) is 4.79 Å². The van der Waals surface area contributed by atoms with Crippen molar-refractivity contribution in [1.82, 2.24) is 5.32 Å². The summed E-state index contributed by atoms with van der Waals surface area (Å²) in [7, 11) is 0. The van der Waals surface area contributed by atoms with E-state index in [0.29, 0.717) is 13.0 Å². The third-order valence-corrected chi connectivity index (χ3v) is 5.61. The number of unbranched alkanes of at least 4 members (excludes halogenated alkanes) is 14. The van der Waals surface area contributed by atoms with Crippen LogP contribution in [0.3, 0.4) is 0 Å². The maximum Gasteiger partial charge on any atom is 0.407 e. The highest BCUT2D eigenvalue weighted by molar-refractivity contribution is 5.81. The molecule has 0 spiro atoms. The largest absolute Gasteiger partial charge is 0.464 e. The molecule has 5 heteroatoms. The Labute approximate surface area is 204 Å². The van der Waals surface area contributed by atoms with E-state index in [1.165, 1.54) is 83.5 Å². The molecule has 0 aromatic heterocycles. The van der Waals surface area contributed by atoms with Crippen molar-refractivity contribution in [2.75, 3.05) is 13.2 Å². The van der Waals surface area contributed by atoms with Crippen molar-refractivity contribution in [2.24, 2.45) is 5.41 Å². The normalized spacial score (nSPS) is 12.2. The predicted molar refractivity (Wildman–Crippen MR) is 138 cm³/mol. The molecule has 0 radical (unpaired) electrons. The molecule has 0 aromatic carbocycles. The van der Waals surface area contributed by atoms with E-state index in [0.717, 1.165) is 12.8 Å². The summed E-state index contributed by atoms with van der Waals surface area (Å²) >= 11 is 0. The molecule has 194 valence electrons. The van der Waals surface area contributed by atoms with Gasteiger partial charge in [-0.05, 0) is 18.3 Å². The number of rotatable bonds is 21. The molecule has 0 rings (SSSR count). The van der Waals surface area contributed by atoms with Crippen LogP contribution >= 0.6 is 0 Å². The van der Waals surface area contributed by atoms with E-state index < -0.39 is 18.1 Å². The van der Waals surface area contributed by atoms with Gasteiger partial charge < -0.3 is 14.8 Å². The van der Waals surface area contributed by atoms with Gasteiger partial charge in [-0.1, -0.05) is 124 Å². The van der Waals surface area contributed by atoms with Crippen molar-refractivity contribution in [1.29, 1.82) is 0 Å². The number of esters is 1. The van der Waals surface area contributed by atoms with Gasteiger partial charge in [0.05, 0.1) is 13.2 Å². The van der Waals surface area contributed by atoms with Gasteiger partial charge in [-0.2, -0.15) is 0 Å². The molecule has 1 unspecified atom stereocenters. The molecule has 0 heterocycles. The van der Waals surface area contributed by atoms with Crippen LogP contribution in [-0.4, -0.2) is 31.3 Å². The molecule has 1 amide bonds. The second-order valence-electron chi connectivity index (χ2n) is 10.5. The van der Waals surface area contributed by atoms with Crippen molar-refractivity contribution in [3.63, 3.8) is 0 Å². The second kappa shape index (κ2) is 21.0. The van der Waals surface area contributed by atoms with Crippen LogP contribution in [0, 0.1) is 5.41 Å². The maximum absolute atomic E-state index is 12.3. The summed E-state index contributed by atoms with van der Waals surface area (Å²) in [6, 6.07) is -0.744. The zero-order valence-corrected chi connectivity index (χ0v) is 22.2. The first-order chi connectivity index (χ1) is 15.8. The summed E-state index contributed by atoms with van der Waals surface area (Å²) in [6.07, 6.45) is 20.8. The average molecular weight is 468 g/mol. The monoisotopic (exact) mass is 467 g/mol. The highest BCUT2D eigenvalue weighted by Crippen LogP contribution is 2.14. The fourth-order valence-electron chi connectivity index (χ4n) is 3.59. The fourth-order valence-corrected chi connectivity index (χ4v) is 3.59. The second-order valence-corrected chi connectivity index (χ2v) is 10.5. The molecular formula is C28H53NO4. The third-order valence-electron chi connectivity index (χ3n) is 5.61. The molecule has 0 saturated heterocycles. The maximum atomic E-state index is 12.3. The average Bonchev–Trinajstić information content (AvgIpc) is 2.76. The Balaban J connectivity index is 3.66. The first-order valence-electron chi connectivity index (χ1n) is 13.5. The van der Waals surface area contributed by atoms with Gasteiger partial charge in [-0.3, -0.25) is 0 Å². The number of ether oxygens (including phenoxy) is 2. The van der Waals surface area contributed by atoms with Gasteiger partial charge in [0.1, 0.15) is 6.04 Å². The lowest BCUT2D eigenvalue weighted by molar-refractivity contribution is -0.146. The first-order valence-corrected chi connectivity index (χ1v) is 13.5. The zero-order chi connectivity index (χ0) is 24.8. The highest BCUT2D eigenvalue weighted by Gasteiger charge is 2.22. The van der Waals surface area contributed by atoms with Crippen molar-refractivity contribution < 1.29 is 19.1 Å². The van der Waals surface area contributed by atoms with Crippen LogP contribution in [0.2, 0.25) is 0 Å². The summed E-state index contributed by atoms with van der Waals surface area (Å²) in [5.74, 6) is -0.423. The Morgan fingerprint density at radius 2 is 1.24 bits per heavy atom. The molecule has 0 aliphatic carbocycles. The summed E-state index contributed by atoms with van der Waals surface area (Å²) in [5, 5.41) is 2.59. The van der Waals surface area contributed by atoms with E-state index in [2.05, 4.69) is 18.8 Å². The van der Waals surface area contributed by atoms with Crippen molar-refractivity contribution in [3.8, 4) is 0 Å². The number of amides is 1. The van der Waals surface area contributed by atoms with Gasteiger partial charge in [-0.25, -0.2) is 9.59 Å². The van der Waals surface area contributed by atoms with Gasteiger partial charge in [0.2, 0.25) is 0 Å². The molecule has 0 aliphatic rings. The van der Waals surface area contributed by atoms with Gasteiger partial charge >= 0.3 is 12.1 Å². The number of carbonyl (C=O) groups is 2. The quantitative estimate of drug-likeness (QED) is 0.105. The molecule has 0 bridgehead atoms. The third kappa shape index (κ3) is 22.1. The standard InChI is InChI=1S/C28H53NO4/c1-6-8-9-10-11-12-13-14-15-16-17-18-19-20-21-23-32-26(30)25(22-7-2)29-27(31)33-24-28(3,4)5/h7,25H,2,6,8-24H2,1,3-5H3,(H,29,31). The summed E-state index contributed by atoms with van der Waals surface area (Å²) in [5.41, 5.74) is -0.126. The van der Waals surface area contributed by atoms with Gasteiger partial charge in [0.15, 0.2) is 0 Å². The van der Waals surface area contributed by atoms with E-state index in [-0.39, 0.29) is 12.0 Å². The Kier molecular flexibility index (Phi) is 20.1. The lowest BCUT2D eigenvalue weighted by Crippen LogP contribution is -2.42. The van der Waals surface area contributed by atoms with E-state index in [1.807, 2.05) is 20.8 Å². The van der Waals surface area contributed by atoms with Crippen LogP contribution < -0.4 is 5.32 Å². The first kappa shape index (κ1) is 31.5. The minimum absolute atomic E-state index is 0.126. The number of carbonyl (C=O) groups excluding carboxylic acids is 2. The molecule has 5 nitrogen and oxygen atoms in total. The minimum atomic E-state index is -0.744. The van der Waals surface area contributed by atoms with E-state index in [1.54, 1.807) is 6.08 Å². The molecule has 1 N–H and O–H groups in total. The lowest BCUT2D eigenvalue weighted by Gasteiger charge is -2.20. The smallest absolute Gasteiger partial charge is 0.407 e. The van der Waals surface area contributed by atoms with Crippen molar-refractivity contribution in [2.45, 2.75) is 136 Å². The molecule has 1 atom stereocenters. The molecule has 0 aliphatic heterocycles. The van der Waals surface area contributed by atoms with Crippen LogP contribution in [0.25, 0.3) is 0 Å². The van der Waals surface area contributed by atoms with Crippen LogP contribution in [0.5, 0.6) is 0 Å². The summed E-state index contributed by atoms with van der Waals surface area (Å²) in [4.78, 5) is 24.2. The van der Waals surface area contributed by atoms with E-state index >= 15 is 0 Å². The minimum Gasteiger partial charge on any atom is -0.464 e. The summed E-state index contributed by atoms with van der Waals surface area (Å²) < 4.78 is 10.5. The molecule has 0 aromatic rings. The van der Waals surface area contributed by atoms with Crippen LogP contribution in [0.15, 0.2) is 12.7 Å². The van der Waals surface area contributed by atoms with Crippen LogP contribution in [-0.2, 0) is 14.3 Å². The van der Waals surface area contributed by atoms with E-state index in [4.69, 9.17) is 9.47 Å². The molecule has 33 heavy (non-hydrogen) atoms. The molecular weight excluding hydrogens is 414 g/mol. The van der Waals surface area contributed by atoms with Gasteiger partial charge in [-0.15, -0.1) is 6.58 Å². The number of nitrogens with one attached hydrogen (secondary N) is 1. The van der Waals surface area contributed by atoms with Crippen molar-refractivity contribution >= 4 is 12.1 Å². The predicted octanol–water partition coefficient (Wildman–Crippen LogP) is 8.12. The van der Waals surface area contributed by atoms with Gasteiger partial charge in [0, 0.05) is 0 Å². The molecule has 0 fully saturated rings. The van der Waals surface area contributed by atoms with Crippen molar-refractivity contribution in [3.05, 3.63) is 12.7 Å². The Morgan fingerprint density at radius 3 is 1.67 bits per heavy atom. The zero-order valence-electron chi connectivity index (χ0n) is 22.2. The highest BCUT2D eigenvalue weighted by atomic mass is 16.6. The SMILES string of the molecule is C=CCC(NC(=O)OCC(C)(C)C)C(=O)OCCCCCCCCCCCCCCCCC. The lowest BCUT2D eigenvalue weighted by atomic mass is 9.99. The van der Waals surface area contributed by atoms with Gasteiger partial charge in [0.25, 0.3) is 0 Å². The topological polar surface area (TPSA) is 64.6 Å². The fraction of sp³-hybridized carbons (Fsp3) is 0.857. The molecule has 0 saturated carbocycles. The Hall–Kier alpha value is -1.52.